The lowest BCUT2D eigenvalue weighted by Gasteiger charge is -2.42. The third-order valence-electron chi connectivity index (χ3n) is 5.00. The molecule has 140 valence electrons. The molecule has 0 saturated carbocycles. The number of amides is 1. The quantitative estimate of drug-likeness (QED) is 0.801. The molecule has 5 heteroatoms. The van der Waals surface area contributed by atoms with E-state index in [9.17, 15) is 4.79 Å². The standard InChI is InChI=1S/C21H29N3OS/c1-3-8-20(25)22-17(2)21(19-11-7-16-26-19)24-14-12-23(13-15-24)18-9-5-4-6-10-18/h4-7,9-11,16-17,21H,3,8,12-15H2,1-2H3,(H,22,25)/t17-,21-/m1/s1. The molecule has 2 aromatic rings. The summed E-state index contributed by atoms with van der Waals surface area (Å²) >= 11 is 1.78. The SMILES string of the molecule is CCCC(=O)N[C@H](C)[C@H](c1cccs1)N1CCN(c2ccccc2)CC1. The number of nitrogens with one attached hydrogen (secondary N) is 1. The monoisotopic (exact) mass is 371 g/mol. The van der Waals surface area contributed by atoms with Crippen molar-refractivity contribution in [2.75, 3.05) is 31.1 Å². The van der Waals surface area contributed by atoms with Crippen molar-refractivity contribution in [3.05, 3.63) is 52.7 Å². The summed E-state index contributed by atoms with van der Waals surface area (Å²) in [6.45, 7) is 8.23. The number of thiophene rings is 1. The van der Waals surface area contributed by atoms with Crippen LogP contribution in [0, 0.1) is 0 Å². The van der Waals surface area contributed by atoms with Crippen LogP contribution in [0.2, 0.25) is 0 Å². The van der Waals surface area contributed by atoms with Gasteiger partial charge in [0.2, 0.25) is 5.91 Å². The Hall–Kier alpha value is -1.85. The first-order chi connectivity index (χ1) is 12.7. The molecule has 0 unspecified atom stereocenters. The van der Waals surface area contributed by atoms with Crippen molar-refractivity contribution in [2.45, 2.75) is 38.8 Å². The number of nitrogens with zero attached hydrogens (tertiary/aromatic N) is 2. The molecule has 0 spiro atoms. The molecule has 1 N–H and O–H groups in total. The molecular formula is C21H29N3OS. The van der Waals surface area contributed by atoms with Gasteiger partial charge in [-0.3, -0.25) is 9.69 Å². The topological polar surface area (TPSA) is 35.6 Å². The zero-order chi connectivity index (χ0) is 18.4. The number of hydrogen-bond donors (Lipinski definition) is 1. The maximum Gasteiger partial charge on any atom is 0.220 e. The van der Waals surface area contributed by atoms with Crippen LogP contribution < -0.4 is 10.2 Å². The minimum absolute atomic E-state index is 0.107. The van der Waals surface area contributed by atoms with Gasteiger partial charge in [-0.05, 0) is 36.9 Å². The maximum absolute atomic E-state index is 12.1. The fraction of sp³-hybridized carbons (Fsp3) is 0.476. The molecule has 1 fully saturated rings. The maximum atomic E-state index is 12.1. The molecule has 1 aliphatic heterocycles. The average Bonchev–Trinajstić information content (AvgIpc) is 3.17. The first kappa shape index (κ1) is 18.9. The molecule has 1 amide bonds. The Bertz CT molecular complexity index is 666. The number of hydrogen-bond acceptors (Lipinski definition) is 4. The van der Waals surface area contributed by atoms with Gasteiger partial charge in [0.25, 0.3) is 0 Å². The molecule has 1 saturated heterocycles. The van der Waals surface area contributed by atoms with Gasteiger partial charge in [-0.1, -0.05) is 31.2 Å². The van der Waals surface area contributed by atoms with Crippen LogP contribution in [-0.4, -0.2) is 43.0 Å². The van der Waals surface area contributed by atoms with E-state index < -0.39 is 0 Å². The Morgan fingerprint density at radius 1 is 1.12 bits per heavy atom. The van der Waals surface area contributed by atoms with Crippen molar-refractivity contribution in [1.82, 2.24) is 10.2 Å². The van der Waals surface area contributed by atoms with E-state index in [-0.39, 0.29) is 18.0 Å². The van der Waals surface area contributed by atoms with Gasteiger partial charge in [-0.25, -0.2) is 0 Å². The van der Waals surface area contributed by atoms with E-state index in [0.717, 1.165) is 32.6 Å². The highest BCUT2D eigenvalue weighted by Gasteiger charge is 2.30. The summed E-state index contributed by atoms with van der Waals surface area (Å²) in [7, 11) is 0. The van der Waals surface area contributed by atoms with Gasteiger partial charge in [0.15, 0.2) is 0 Å². The molecule has 2 heterocycles. The third kappa shape index (κ3) is 4.65. The summed E-state index contributed by atoms with van der Waals surface area (Å²) in [6.07, 6.45) is 1.49. The Balaban J connectivity index is 1.67. The molecule has 3 rings (SSSR count). The third-order valence-corrected chi connectivity index (χ3v) is 5.95. The number of carbonyl (C=O) groups excluding carboxylic acids is 1. The van der Waals surface area contributed by atoms with E-state index in [2.05, 4.69) is 69.9 Å². The summed E-state index contributed by atoms with van der Waals surface area (Å²) in [4.78, 5) is 18.4. The fourth-order valence-electron chi connectivity index (χ4n) is 3.73. The number of rotatable bonds is 7. The van der Waals surface area contributed by atoms with Crippen LogP contribution in [0.15, 0.2) is 47.8 Å². The number of para-hydroxylation sites is 1. The summed E-state index contributed by atoms with van der Waals surface area (Å²) in [5.74, 6) is 0.157. The molecule has 26 heavy (non-hydrogen) atoms. The Morgan fingerprint density at radius 2 is 1.85 bits per heavy atom. The first-order valence-corrected chi connectivity index (χ1v) is 10.4. The van der Waals surface area contributed by atoms with E-state index in [1.54, 1.807) is 11.3 Å². The molecule has 0 aliphatic carbocycles. The summed E-state index contributed by atoms with van der Waals surface area (Å²) in [5.41, 5.74) is 1.30. The number of benzene rings is 1. The van der Waals surface area contributed by atoms with Crippen LogP contribution in [-0.2, 0) is 4.79 Å². The van der Waals surface area contributed by atoms with Crippen molar-refractivity contribution in [2.24, 2.45) is 0 Å². The van der Waals surface area contributed by atoms with Crippen molar-refractivity contribution < 1.29 is 4.79 Å². The van der Waals surface area contributed by atoms with Gasteiger partial charge in [-0.2, -0.15) is 0 Å². The average molecular weight is 372 g/mol. The van der Waals surface area contributed by atoms with Gasteiger partial charge in [0, 0.05) is 49.2 Å². The second-order valence-electron chi connectivity index (χ2n) is 6.93. The molecule has 1 aromatic carbocycles. The van der Waals surface area contributed by atoms with Crippen molar-refractivity contribution in [3.8, 4) is 0 Å². The normalized spacial score (nSPS) is 17.7. The Morgan fingerprint density at radius 3 is 2.46 bits per heavy atom. The van der Waals surface area contributed by atoms with Gasteiger partial charge in [-0.15, -0.1) is 11.3 Å². The van der Waals surface area contributed by atoms with E-state index >= 15 is 0 Å². The Labute approximate surface area is 160 Å². The van der Waals surface area contributed by atoms with E-state index in [4.69, 9.17) is 0 Å². The van der Waals surface area contributed by atoms with E-state index in [1.165, 1.54) is 10.6 Å². The van der Waals surface area contributed by atoms with Crippen LogP contribution in [0.5, 0.6) is 0 Å². The van der Waals surface area contributed by atoms with Crippen LogP contribution in [0.1, 0.15) is 37.6 Å². The van der Waals surface area contributed by atoms with E-state index in [0.29, 0.717) is 6.42 Å². The van der Waals surface area contributed by atoms with Gasteiger partial charge in [0.1, 0.15) is 0 Å². The first-order valence-electron chi connectivity index (χ1n) is 9.56. The largest absolute Gasteiger partial charge is 0.369 e. The predicted octanol–water partition coefficient (Wildman–Crippen LogP) is 3.92. The molecular weight excluding hydrogens is 342 g/mol. The van der Waals surface area contributed by atoms with Crippen LogP contribution in [0.3, 0.4) is 0 Å². The minimum Gasteiger partial charge on any atom is -0.369 e. The lowest BCUT2D eigenvalue weighted by molar-refractivity contribution is -0.122. The van der Waals surface area contributed by atoms with E-state index in [1.807, 2.05) is 6.92 Å². The number of piperazine rings is 1. The lowest BCUT2D eigenvalue weighted by Crippen LogP contribution is -2.52. The summed E-state index contributed by atoms with van der Waals surface area (Å²) in [6, 6.07) is 15.3. The van der Waals surface area contributed by atoms with Crippen LogP contribution >= 0.6 is 11.3 Å². The van der Waals surface area contributed by atoms with Gasteiger partial charge in [0.05, 0.1) is 6.04 Å². The van der Waals surface area contributed by atoms with Crippen LogP contribution in [0.4, 0.5) is 5.69 Å². The minimum atomic E-state index is 0.107. The molecule has 4 nitrogen and oxygen atoms in total. The van der Waals surface area contributed by atoms with Crippen molar-refractivity contribution >= 4 is 22.9 Å². The molecule has 2 atom stereocenters. The molecule has 1 aliphatic rings. The summed E-state index contributed by atoms with van der Waals surface area (Å²) < 4.78 is 0. The highest BCUT2D eigenvalue weighted by atomic mass is 32.1. The molecule has 1 aromatic heterocycles. The molecule has 0 radical (unpaired) electrons. The highest BCUT2D eigenvalue weighted by molar-refractivity contribution is 7.10. The smallest absolute Gasteiger partial charge is 0.220 e. The zero-order valence-corrected chi connectivity index (χ0v) is 16.5. The highest BCUT2D eigenvalue weighted by Crippen LogP contribution is 2.30. The van der Waals surface area contributed by atoms with Gasteiger partial charge >= 0.3 is 0 Å². The van der Waals surface area contributed by atoms with Crippen molar-refractivity contribution in [3.63, 3.8) is 0 Å². The van der Waals surface area contributed by atoms with Gasteiger partial charge < -0.3 is 10.2 Å². The zero-order valence-electron chi connectivity index (χ0n) is 15.7. The fourth-order valence-corrected chi connectivity index (χ4v) is 4.70. The summed E-state index contributed by atoms with van der Waals surface area (Å²) in [5, 5.41) is 5.35. The second kappa shape index (κ2) is 9.19. The van der Waals surface area contributed by atoms with Crippen LogP contribution in [0.25, 0.3) is 0 Å². The molecule has 0 bridgehead atoms. The Kier molecular flexibility index (Phi) is 6.69. The number of carbonyl (C=O) groups is 1. The number of anilines is 1. The predicted molar refractivity (Wildman–Crippen MR) is 110 cm³/mol. The second-order valence-corrected chi connectivity index (χ2v) is 7.90. The lowest BCUT2D eigenvalue weighted by atomic mass is 10.0. The van der Waals surface area contributed by atoms with Crippen molar-refractivity contribution in [1.29, 1.82) is 0 Å².